The van der Waals surface area contributed by atoms with Crippen molar-refractivity contribution < 1.29 is 9.84 Å². The summed E-state index contributed by atoms with van der Waals surface area (Å²) in [7, 11) is 0. The van der Waals surface area contributed by atoms with Gasteiger partial charge in [0.2, 0.25) is 0 Å². The Labute approximate surface area is 148 Å². The molecular formula is C22H36O2. The van der Waals surface area contributed by atoms with Gasteiger partial charge in [0.05, 0.1) is 5.60 Å². The lowest BCUT2D eigenvalue weighted by molar-refractivity contribution is -0.209. The predicted octanol–water partition coefficient (Wildman–Crippen LogP) is 5.45. The van der Waals surface area contributed by atoms with E-state index in [0.29, 0.717) is 11.3 Å². The molecule has 0 radical (unpaired) electrons. The fraction of sp³-hybridized carbons (Fsp3) is 0.909. The Morgan fingerprint density at radius 2 is 1.88 bits per heavy atom. The number of fused-ring (bicyclic) bond motifs is 3. The SMILES string of the molecule is CC1C2CC=C3CCCCC3(C)C2CCC1(C)C1(C)CCC(O)O1. The molecule has 0 aromatic rings. The first kappa shape index (κ1) is 17.1. The third-order valence-electron chi connectivity index (χ3n) is 9.19. The number of aliphatic hydroxyl groups excluding tert-OH is 1. The molecule has 4 rings (SSSR count). The molecule has 0 spiro atoms. The monoisotopic (exact) mass is 332 g/mol. The molecule has 2 heteroatoms. The van der Waals surface area contributed by atoms with Crippen molar-refractivity contribution in [3.8, 4) is 0 Å². The van der Waals surface area contributed by atoms with Gasteiger partial charge in [-0.1, -0.05) is 38.8 Å². The molecule has 2 nitrogen and oxygen atoms in total. The summed E-state index contributed by atoms with van der Waals surface area (Å²) in [5, 5.41) is 9.99. The molecular weight excluding hydrogens is 296 g/mol. The van der Waals surface area contributed by atoms with E-state index in [9.17, 15) is 5.11 Å². The first-order chi connectivity index (χ1) is 11.3. The smallest absolute Gasteiger partial charge is 0.155 e. The average molecular weight is 333 g/mol. The highest BCUT2D eigenvalue weighted by Gasteiger charge is 2.59. The van der Waals surface area contributed by atoms with Gasteiger partial charge < -0.3 is 9.84 Å². The second-order valence-electron chi connectivity index (χ2n) is 9.95. The molecule has 0 aromatic heterocycles. The van der Waals surface area contributed by atoms with Crippen LogP contribution < -0.4 is 0 Å². The molecule has 1 aliphatic heterocycles. The minimum Gasteiger partial charge on any atom is -0.368 e. The zero-order valence-electron chi connectivity index (χ0n) is 16.1. The van der Waals surface area contributed by atoms with Gasteiger partial charge in [-0.3, -0.25) is 0 Å². The van der Waals surface area contributed by atoms with Crippen molar-refractivity contribution in [1.29, 1.82) is 0 Å². The van der Waals surface area contributed by atoms with Crippen molar-refractivity contribution in [2.75, 3.05) is 0 Å². The molecule has 7 atom stereocenters. The van der Waals surface area contributed by atoms with Crippen LogP contribution in [0.1, 0.15) is 85.5 Å². The Morgan fingerprint density at radius 3 is 2.58 bits per heavy atom. The fourth-order valence-corrected chi connectivity index (χ4v) is 7.15. The largest absolute Gasteiger partial charge is 0.368 e. The van der Waals surface area contributed by atoms with Crippen LogP contribution in [-0.4, -0.2) is 17.0 Å². The van der Waals surface area contributed by atoms with E-state index in [1.54, 1.807) is 5.57 Å². The minimum absolute atomic E-state index is 0.158. The third-order valence-corrected chi connectivity index (χ3v) is 9.19. The molecule has 2 saturated carbocycles. The van der Waals surface area contributed by atoms with Gasteiger partial charge in [-0.25, -0.2) is 0 Å². The quantitative estimate of drug-likeness (QED) is 0.647. The minimum atomic E-state index is -0.550. The standard InChI is InChI=1S/C22H36O2/c1-15-17-9-8-16-7-5-6-12-20(16,2)18(17)10-13-21(15,3)22(4)14-11-19(23)24-22/h8,15,17-19,23H,5-7,9-14H2,1-4H3. The van der Waals surface area contributed by atoms with E-state index in [0.717, 1.165) is 24.7 Å². The summed E-state index contributed by atoms with van der Waals surface area (Å²) in [5.41, 5.74) is 2.27. The van der Waals surface area contributed by atoms with E-state index in [4.69, 9.17) is 4.74 Å². The second-order valence-corrected chi connectivity index (χ2v) is 9.95. The fourth-order valence-electron chi connectivity index (χ4n) is 7.15. The van der Waals surface area contributed by atoms with Gasteiger partial charge in [0.15, 0.2) is 6.29 Å². The highest BCUT2D eigenvalue weighted by Crippen LogP contribution is 2.64. The summed E-state index contributed by atoms with van der Waals surface area (Å²) in [6.45, 7) is 9.78. The number of rotatable bonds is 1. The summed E-state index contributed by atoms with van der Waals surface area (Å²) in [6.07, 6.45) is 13.3. The van der Waals surface area contributed by atoms with Crippen molar-refractivity contribution in [2.24, 2.45) is 28.6 Å². The van der Waals surface area contributed by atoms with Gasteiger partial charge in [0.1, 0.15) is 0 Å². The lowest BCUT2D eigenvalue weighted by Gasteiger charge is -2.60. The summed E-state index contributed by atoms with van der Waals surface area (Å²) in [5.74, 6) is 2.30. The molecule has 1 saturated heterocycles. The van der Waals surface area contributed by atoms with E-state index in [-0.39, 0.29) is 11.0 Å². The van der Waals surface area contributed by atoms with Crippen LogP contribution in [0.5, 0.6) is 0 Å². The summed E-state index contributed by atoms with van der Waals surface area (Å²) < 4.78 is 6.11. The molecule has 0 aromatic carbocycles. The van der Waals surface area contributed by atoms with Crippen LogP contribution in [0, 0.1) is 28.6 Å². The summed E-state index contributed by atoms with van der Waals surface area (Å²) in [4.78, 5) is 0. The van der Waals surface area contributed by atoms with Crippen LogP contribution in [0.25, 0.3) is 0 Å². The van der Waals surface area contributed by atoms with Crippen molar-refractivity contribution in [1.82, 2.24) is 0 Å². The van der Waals surface area contributed by atoms with Crippen LogP contribution in [0.15, 0.2) is 11.6 Å². The maximum atomic E-state index is 9.99. The van der Waals surface area contributed by atoms with Gasteiger partial charge in [0, 0.05) is 6.42 Å². The predicted molar refractivity (Wildman–Crippen MR) is 97.5 cm³/mol. The Hall–Kier alpha value is -0.340. The van der Waals surface area contributed by atoms with Crippen molar-refractivity contribution in [3.05, 3.63) is 11.6 Å². The van der Waals surface area contributed by atoms with Gasteiger partial charge in [-0.05, 0) is 80.5 Å². The van der Waals surface area contributed by atoms with Crippen molar-refractivity contribution in [3.63, 3.8) is 0 Å². The molecule has 24 heavy (non-hydrogen) atoms. The first-order valence-electron chi connectivity index (χ1n) is 10.4. The van der Waals surface area contributed by atoms with Gasteiger partial charge in [-0.2, -0.15) is 0 Å². The maximum absolute atomic E-state index is 9.99. The molecule has 0 bridgehead atoms. The van der Waals surface area contributed by atoms with Crippen LogP contribution >= 0.6 is 0 Å². The third kappa shape index (κ3) is 2.21. The molecule has 0 amide bonds. The van der Waals surface area contributed by atoms with Gasteiger partial charge in [-0.15, -0.1) is 0 Å². The van der Waals surface area contributed by atoms with E-state index >= 15 is 0 Å². The van der Waals surface area contributed by atoms with E-state index in [1.165, 1.54) is 44.9 Å². The van der Waals surface area contributed by atoms with E-state index in [2.05, 4.69) is 33.8 Å². The molecule has 4 aliphatic rings. The number of aliphatic hydroxyl groups is 1. The zero-order valence-corrected chi connectivity index (χ0v) is 16.1. The highest BCUT2D eigenvalue weighted by molar-refractivity contribution is 5.24. The lowest BCUT2D eigenvalue weighted by atomic mass is 9.45. The Morgan fingerprint density at radius 1 is 1.08 bits per heavy atom. The number of hydrogen-bond donors (Lipinski definition) is 1. The lowest BCUT2D eigenvalue weighted by Crippen LogP contribution is -2.56. The van der Waals surface area contributed by atoms with Crippen molar-refractivity contribution >= 4 is 0 Å². The number of ether oxygens (including phenoxy) is 1. The van der Waals surface area contributed by atoms with E-state index in [1.807, 2.05) is 0 Å². The topological polar surface area (TPSA) is 29.5 Å². The normalized spacial score (nSPS) is 54.8. The zero-order chi connectivity index (χ0) is 17.2. The van der Waals surface area contributed by atoms with Crippen LogP contribution in [-0.2, 0) is 4.74 Å². The Bertz CT molecular complexity index is 540. The highest BCUT2D eigenvalue weighted by atomic mass is 16.6. The van der Waals surface area contributed by atoms with Gasteiger partial charge >= 0.3 is 0 Å². The molecule has 7 unspecified atom stereocenters. The van der Waals surface area contributed by atoms with Crippen LogP contribution in [0.2, 0.25) is 0 Å². The number of hydrogen-bond acceptors (Lipinski definition) is 2. The van der Waals surface area contributed by atoms with Crippen LogP contribution in [0.3, 0.4) is 0 Å². The first-order valence-corrected chi connectivity index (χ1v) is 10.4. The molecule has 3 aliphatic carbocycles. The maximum Gasteiger partial charge on any atom is 0.155 e. The Kier molecular flexibility index (Phi) is 3.97. The Balaban J connectivity index is 1.64. The molecule has 1 N–H and O–H groups in total. The molecule has 1 heterocycles. The van der Waals surface area contributed by atoms with E-state index < -0.39 is 6.29 Å². The van der Waals surface area contributed by atoms with Gasteiger partial charge in [0.25, 0.3) is 0 Å². The van der Waals surface area contributed by atoms with Crippen LogP contribution in [0.4, 0.5) is 0 Å². The number of allylic oxidation sites excluding steroid dienone is 2. The van der Waals surface area contributed by atoms with Crippen molar-refractivity contribution in [2.45, 2.75) is 97.4 Å². The molecule has 136 valence electrons. The summed E-state index contributed by atoms with van der Waals surface area (Å²) in [6, 6.07) is 0. The summed E-state index contributed by atoms with van der Waals surface area (Å²) >= 11 is 0. The molecule has 3 fully saturated rings. The average Bonchev–Trinajstić information content (AvgIpc) is 2.91. The second kappa shape index (κ2) is 5.58.